The van der Waals surface area contributed by atoms with Gasteiger partial charge in [-0.2, -0.15) is 0 Å². The molecule has 9 rings (SSSR count). The Morgan fingerprint density at radius 1 is 0.391 bits per heavy atom. The number of likely N-dealkylation sites (N-methyl/N-ethyl adjacent to an activating group) is 3. The van der Waals surface area contributed by atoms with E-state index in [9.17, 15) is 55.0 Å². The van der Waals surface area contributed by atoms with E-state index in [-0.39, 0.29) is 65.9 Å². The normalized spacial score (nSPS) is 16.0. The zero-order chi connectivity index (χ0) is 49.8. The fraction of sp³-hybridized carbons (Fsp3) is 0.0667. The maximum atomic E-state index is 12.5. The number of aromatic nitrogens is 3. The van der Waals surface area contributed by atoms with E-state index in [0.29, 0.717) is 0 Å². The number of aliphatic hydroxyl groups excluding tert-OH is 3. The van der Waals surface area contributed by atoms with E-state index >= 15 is 0 Å². The molecule has 3 aliphatic rings. The van der Waals surface area contributed by atoms with Crippen LogP contribution in [0.15, 0.2) is 178 Å². The minimum atomic E-state index is -3.91. The number of amides is 3. The van der Waals surface area contributed by atoms with Crippen molar-refractivity contribution in [3.05, 3.63) is 180 Å². The summed E-state index contributed by atoms with van der Waals surface area (Å²) in [6.07, 6.45) is 4.46. The Bertz CT molecular complexity index is 3090. The number of hydrogen-bond donors (Lipinski definition) is 6. The predicted octanol–water partition coefficient (Wildman–Crippen LogP) is 4.74. The standard InChI is InChI=1S/3C15H13N3O4S/c3*1-18-13(15(20)17-12-8-4-5-9-16-12)14(19)10-6-2-3-7-11(10)23(18,21)22/h3*2-9,19H,1H3,(H,16,17,20). The van der Waals surface area contributed by atoms with Crippen LogP contribution < -0.4 is 16.0 Å². The molecule has 24 heteroatoms. The summed E-state index contributed by atoms with van der Waals surface area (Å²) < 4.78 is 77.3. The minimum absolute atomic E-state index is 0.0469. The zero-order valence-electron chi connectivity index (χ0n) is 36.3. The summed E-state index contributed by atoms with van der Waals surface area (Å²) in [5, 5.41) is 38.5. The van der Waals surface area contributed by atoms with Crippen molar-refractivity contribution in [3.8, 4) is 0 Å². The molecule has 0 radical (unpaired) electrons. The van der Waals surface area contributed by atoms with Crippen LogP contribution in [0, 0.1) is 0 Å². The number of carbonyl (C=O) groups is 3. The number of nitrogens with zero attached hydrogens (tertiary/aromatic N) is 6. The highest BCUT2D eigenvalue weighted by Crippen LogP contribution is 2.37. The number of hydrogen-bond acceptors (Lipinski definition) is 15. The first-order valence-electron chi connectivity index (χ1n) is 20.0. The molecule has 0 bridgehead atoms. The monoisotopic (exact) mass is 993 g/mol. The Balaban J connectivity index is 0.000000153. The van der Waals surface area contributed by atoms with Gasteiger partial charge in [0.05, 0.1) is 14.7 Å². The van der Waals surface area contributed by atoms with Crippen molar-refractivity contribution in [2.45, 2.75) is 14.7 Å². The van der Waals surface area contributed by atoms with Gasteiger partial charge < -0.3 is 31.3 Å². The van der Waals surface area contributed by atoms with E-state index in [2.05, 4.69) is 30.9 Å². The van der Waals surface area contributed by atoms with Crippen molar-refractivity contribution in [2.75, 3.05) is 37.1 Å². The molecule has 21 nitrogen and oxygen atoms in total. The molecule has 0 aliphatic carbocycles. The highest BCUT2D eigenvalue weighted by molar-refractivity contribution is 7.90. The van der Waals surface area contributed by atoms with Crippen LogP contribution in [0.3, 0.4) is 0 Å². The van der Waals surface area contributed by atoms with Crippen molar-refractivity contribution < 1.29 is 55.0 Å². The van der Waals surface area contributed by atoms with Crippen LogP contribution in [0.2, 0.25) is 0 Å². The van der Waals surface area contributed by atoms with E-state index in [1.807, 2.05) is 0 Å². The first-order chi connectivity index (χ1) is 32.8. The molecule has 3 amide bonds. The number of benzene rings is 3. The average Bonchev–Trinajstić information content (AvgIpc) is 3.34. The molecule has 0 spiro atoms. The summed E-state index contributed by atoms with van der Waals surface area (Å²) in [5.41, 5.74) is -0.775. The number of nitrogens with one attached hydrogen (secondary N) is 3. The van der Waals surface area contributed by atoms with Gasteiger partial charge in [-0.15, -0.1) is 0 Å². The van der Waals surface area contributed by atoms with E-state index in [4.69, 9.17) is 0 Å². The van der Waals surface area contributed by atoms with Gasteiger partial charge in [-0.25, -0.2) is 40.2 Å². The van der Waals surface area contributed by atoms with Gasteiger partial charge in [0.1, 0.15) is 17.5 Å². The van der Waals surface area contributed by atoms with Crippen LogP contribution in [-0.4, -0.2) is 107 Å². The third-order valence-electron chi connectivity index (χ3n) is 10.3. The minimum Gasteiger partial charge on any atom is -0.505 e. The van der Waals surface area contributed by atoms with Crippen molar-refractivity contribution in [3.63, 3.8) is 0 Å². The topological polar surface area (TPSA) is 299 Å². The predicted molar refractivity (Wildman–Crippen MR) is 251 cm³/mol. The van der Waals surface area contributed by atoms with Gasteiger partial charge >= 0.3 is 0 Å². The van der Waals surface area contributed by atoms with Crippen molar-refractivity contribution in [1.82, 2.24) is 27.9 Å². The first kappa shape index (κ1) is 48.3. The quantitative estimate of drug-likeness (QED) is 0.131. The van der Waals surface area contributed by atoms with Crippen LogP contribution in [0.1, 0.15) is 16.7 Å². The lowest BCUT2D eigenvalue weighted by Crippen LogP contribution is -2.37. The Hall–Kier alpha value is -8.61. The molecule has 0 atom stereocenters. The maximum absolute atomic E-state index is 12.5. The van der Waals surface area contributed by atoms with Gasteiger partial charge in [0.25, 0.3) is 47.8 Å². The molecule has 6 heterocycles. The lowest BCUT2D eigenvalue weighted by molar-refractivity contribution is -0.114. The first-order valence-corrected chi connectivity index (χ1v) is 24.3. The fourth-order valence-corrected chi connectivity index (χ4v) is 11.1. The summed E-state index contributed by atoms with van der Waals surface area (Å²) in [4.78, 5) is 48.9. The molecule has 3 aliphatic heterocycles. The van der Waals surface area contributed by atoms with Crippen LogP contribution in [0.5, 0.6) is 0 Å². The smallest absolute Gasteiger partial charge is 0.277 e. The van der Waals surface area contributed by atoms with E-state index < -0.39 is 65.1 Å². The highest BCUT2D eigenvalue weighted by atomic mass is 32.2. The largest absolute Gasteiger partial charge is 0.505 e. The van der Waals surface area contributed by atoms with E-state index in [0.717, 1.165) is 12.9 Å². The molecule has 69 heavy (non-hydrogen) atoms. The number of anilines is 3. The molecule has 0 fully saturated rings. The van der Waals surface area contributed by atoms with Crippen LogP contribution in [0.25, 0.3) is 17.3 Å². The number of sulfonamides is 3. The third kappa shape index (κ3) is 9.38. The van der Waals surface area contributed by atoms with Crippen LogP contribution >= 0.6 is 0 Å². The zero-order valence-corrected chi connectivity index (χ0v) is 38.7. The molecule has 0 saturated carbocycles. The van der Waals surface area contributed by atoms with Crippen LogP contribution in [0.4, 0.5) is 17.5 Å². The fourth-order valence-electron chi connectivity index (χ4n) is 6.88. The number of fused-ring (bicyclic) bond motifs is 3. The molecular formula is C45H39N9O12S3. The van der Waals surface area contributed by atoms with Gasteiger partial charge in [0.2, 0.25) is 0 Å². The summed E-state index contributed by atoms with van der Waals surface area (Å²) in [6, 6.07) is 32.6. The number of pyridine rings is 3. The van der Waals surface area contributed by atoms with E-state index in [1.54, 1.807) is 91.0 Å². The molecule has 0 saturated heterocycles. The average molecular weight is 994 g/mol. The Kier molecular flexibility index (Phi) is 13.5. The van der Waals surface area contributed by atoms with E-state index in [1.165, 1.54) is 76.1 Å². The Morgan fingerprint density at radius 2 is 0.623 bits per heavy atom. The second-order valence-electron chi connectivity index (χ2n) is 14.5. The van der Waals surface area contributed by atoms with Crippen LogP contribution in [-0.2, 0) is 44.5 Å². The molecule has 354 valence electrons. The van der Waals surface area contributed by atoms with Gasteiger partial charge in [0.15, 0.2) is 34.4 Å². The van der Waals surface area contributed by atoms with Gasteiger partial charge in [-0.1, -0.05) is 54.6 Å². The van der Waals surface area contributed by atoms with Gasteiger partial charge in [-0.3, -0.25) is 27.3 Å². The van der Waals surface area contributed by atoms with Crippen molar-refractivity contribution >= 4 is 82.5 Å². The summed E-state index contributed by atoms with van der Waals surface area (Å²) in [6.45, 7) is 0. The van der Waals surface area contributed by atoms with Crippen molar-refractivity contribution in [1.29, 1.82) is 0 Å². The lowest BCUT2D eigenvalue weighted by atomic mass is 10.1. The molecule has 0 unspecified atom stereocenters. The molecule has 3 aromatic heterocycles. The highest BCUT2D eigenvalue weighted by Gasteiger charge is 2.40. The molecule has 3 aromatic carbocycles. The molecule has 6 N–H and O–H groups in total. The Labute approximate surface area is 395 Å². The summed E-state index contributed by atoms with van der Waals surface area (Å²) in [5.74, 6) is -2.72. The number of rotatable bonds is 6. The number of carbonyl (C=O) groups excluding carboxylic acids is 3. The molecule has 6 aromatic rings. The Morgan fingerprint density at radius 3 is 0.855 bits per heavy atom. The molecular weight excluding hydrogens is 955 g/mol. The summed E-state index contributed by atoms with van der Waals surface area (Å²) >= 11 is 0. The second-order valence-corrected chi connectivity index (χ2v) is 20.3. The maximum Gasteiger partial charge on any atom is 0.277 e. The van der Waals surface area contributed by atoms with Gasteiger partial charge in [-0.05, 0) is 72.8 Å². The SMILES string of the molecule is CN1C(C(=O)Nc2ccccn2)=C(O)c2ccccc2S1(=O)=O.CN1C(C(=O)Nc2ccccn2)=C(O)c2ccccc2S1(=O)=O.CN1C(C(=O)Nc2ccccn2)=C(O)c2ccccc2S1(=O)=O. The van der Waals surface area contributed by atoms with Crippen molar-refractivity contribution in [2.24, 2.45) is 0 Å². The second kappa shape index (κ2) is 19.3. The lowest BCUT2D eigenvalue weighted by Gasteiger charge is -2.28. The van der Waals surface area contributed by atoms with Gasteiger partial charge in [0, 0.05) is 56.4 Å². The third-order valence-corrected chi connectivity index (χ3v) is 15.8. The summed E-state index contributed by atoms with van der Waals surface area (Å²) in [7, 11) is -8.07. The number of aliphatic hydroxyl groups is 3.